The third-order valence-electron chi connectivity index (χ3n) is 1.69. The van der Waals surface area contributed by atoms with Gasteiger partial charge in [0.2, 0.25) is 0 Å². The molecule has 0 aliphatic carbocycles. The standard InChI is InChI=1S/C10H12Br3N/c1-6(2)5-14-10-8(12)3-7(11)4-9(10)13/h3-4,6,14H,5H2,1-2H3. The molecule has 0 fully saturated rings. The summed E-state index contributed by atoms with van der Waals surface area (Å²) in [4.78, 5) is 0. The van der Waals surface area contributed by atoms with Crippen molar-refractivity contribution < 1.29 is 0 Å². The van der Waals surface area contributed by atoms with Crippen molar-refractivity contribution in [3.8, 4) is 0 Å². The summed E-state index contributed by atoms with van der Waals surface area (Å²) in [5.41, 5.74) is 1.11. The molecule has 0 spiro atoms. The summed E-state index contributed by atoms with van der Waals surface area (Å²) in [5, 5.41) is 3.39. The number of benzene rings is 1. The number of halogens is 3. The van der Waals surface area contributed by atoms with Gasteiger partial charge in [0.15, 0.2) is 0 Å². The first-order chi connectivity index (χ1) is 6.50. The Morgan fingerprint density at radius 2 is 1.64 bits per heavy atom. The number of anilines is 1. The van der Waals surface area contributed by atoms with Gasteiger partial charge in [0.1, 0.15) is 0 Å². The third kappa shape index (κ3) is 3.55. The molecule has 0 saturated carbocycles. The average Bonchev–Trinajstić information content (AvgIpc) is 2.01. The minimum absolute atomic E-state index is 0.637. The van der Waals surface area contributed by atoms with E-state index < -0.39 is 0 Å². The second-order valence-electron chi connectivity index (χ2n) is 3.52. The zero-order valence-corrected chi connectivity index (χ0v) is 12.8. The zero-order chi connectivity index (χ0) is 10.7. The predicted octanol–water partition coefficient (Wildman–Crippen LogP) is 5.04. The maximum atomic E-state index is 3.53. The molecular formula is C10H12Br3N. The highest BCUT2D eigenvalue weighted by molar-refractivity contribution is 9.11. The molecule has 0 radical (unpaired) electrons. The SMILES string of the molecule is CC(C)CNc1c(Br)cc(Br)cc1Br. The summed E-state index contributed by atoms with van der Waals surface area (Å²) in [6, 6.07) is 4.07. The summed E-state index contributed by atoms with van der Waals surface area (Å²) in [6.07, 6.45) is 0. The molecule has 0 unspecified atom stereocenters. The first-order valence-corrected chi connectivity index (χ1v) is 6.77. The molecule has 0 aliphatic heterocycles. The van der Waals surface area contributed by atoms with Crippen LogP contribution < -0.4 is 5.32 Å². The molecule has 1 nitrogen and oxygen atoms in total. The molecule has 14 heavy (non-hydrogen) atoms. The van der Waals surface area contributed by atoms with Crippen LogP contribution in [0.25, 0.3) is 0 Å². The summed E-state index contributed by atoms with van der Waals surface area (Å²) in [5.74, 6) is 0.637. The van der Waals surface area contributed by atoms with Gasteiger partial charge in [0.25, 0.3) is 0 Å². The van der Waals surface area contributed by atoms with Gasteiger partial charge in [-0.15, -0.1) is 0 Å². The Morgan fingerprint density at radius 3 is 2.07 bits per heavy atom. The Morgan fingerprint density at radius 1 is 1.14 bits per heavy atom. The predicted molar refractivity (Wildman–Crippen MR) is 72.9 cm³/mol. The van der Waals surface area contributed by atoms with Crippen LogP contribution in [-0.4, -0.2) is 6.54 Å². The lowest BCUT2D eigenvalue weighted by molar-refractivity contribution is 0.688. The van der Waals surface area contributed by atoms with Crippen molar-refractivity contribution in [2.45, 2.75) is 13.8 Å². The van der Waals surface area contributed by atoms with Crippen LogP contribution in [0.1, 0.15) is 13.8 Å². The van der Waals surface area contributed by atoms with Gasteiger partial charge in [0, 0.05) is 20.0 Å². The Kier molecular flexibility index (Phi) is 4.94. The summed E-state index contributed by atoms with van der Waals surface area (Å²) >= 11 is 10.5. The van der Waals surface area contributed by atoms with Crippen molar-refractivity contribution in [1.82, 2.24) is 0 Å². The number of rotatable bonds is 3. The lowest BCUT2D eigenvalue weighted by Gasteiger charge is -2.13. The molecule has 1 aromatic carbocycles. The molecule has 1 aromatic rings. The first-order valence-electron chi connectivity index (χ1n) is 4.39. The first kappa shape index (κ1) is 12.5. The van der Waals surface area contributed by atoms with E-state index in [0.717, 1.165) is 25.7 Å². The van der Waals surface area contributed by atoms with Gasteiger partial charge in [-0.2, -0.15) is 0 Å². The van der Waals surface area contributed by atoms with Crippen LogP contribution in [-0.2, 0) is 0 Å². The molecule has 0 aromatic heterocycles. The van der Waals surface area contributed by atoms with Gasteiger partial charge in [-0.3, -0.25) is 0 Å². The molecule has 0 saturated heterocycles. The molecular weight excluding hydrogens is 374 g/mol. The van der Waals surface area contributed by atoms with Crippen LogP contribution in [0.4, 0.5) is 5.69 Å². The lowest BCUT2D eigenvalue weighted by atomic mass is 10.2. The van der Waals surface area contributed by atoms with Gasteiger partial charge in [-0.05, 0) is 49.9 Å². The minimum atomic E-state index is 0.637. The summed E-state index contributed by atoms with van der Waals surface area (Å²) < 4.78 is 3.20. The van der Waals surface area contributed by atoms with Crippen LogP contribution in [0.3, 0.4) is 0 Å². The van der Waals surface area contributed by atoms with Crippen molar-refractivity contribution in [3.63, 3.8) is 0 Å². The van der Waals surface area contributed by atoms with E-state index in [0.29, 0.717) is 5.92 Å². The summed E-state index contributed by atoms with van der Waals surface area (Å²) in [6.45, 7) is 5.35. The molecule has 0 amide bonds. The van der Waals surface area contributed by atoms with E-state index in [1.807, 2.05) is 12.1 Å². The van der Waals surface area contributed by atoms with Crippen LogP contribution in [0.5, 0.6) is 0 Å². The Balaban J connectivity index is 2.86. The van der Waals surface area contributed by atoms with Crippen molar-refractivity contribution in [2.24, 2.45) is 5.92 Å². The van der Waals surface area contributed by atoms with Crippen molar-refractivity contribution in [2.75, 3.05) is 11.9 Å². The topological polar surface area (TPSA) is 12.0 Å². The third-order valence-corrected chi connectivity index (χ3v) is 3.40. The molecule has 78 valence electrons. The Labute approximate surface area is 110 Å². The second-order valence-corrected chi connectivity index (χ2v) is 6.14. The number of nitrogens with one attached hydrogen (secondary N) is 1. The molecule has 0 bridgehead atoms. The fourth-order valence-electron chi connectivity index (χ4n) is 1.02. The average molecular weight is 386 g/mol. The monoisotopic (exact) mass is 383 g/mol. The molecule has 0 heterocycles. The van der Waals surface area contributed by atoms with Gasteiger partial charge in [0.05, 0.1) is 5.69 Å². The van der Waals surface area contributed by atoms with E-state index in [2.05, 4.69) is 67.0 Å². The number of hydrogen-bond acceptors (Lipinski definition) is 1. The molecule has 0 atom stereocenters. The van der Waals surface area contributed by atoms with Crippen molar-refractivity contribution in [1.29, 1.82) is 0 Å². The molecule has 1 rings (SSSR count). The highest BCUT2D eigenvalue weighted by atomic mass is 79.9. The smallest absolute Gasteiger partial charge is 0.0629 e. The largest absolute Gasteiger partial charge is 0.383 e. The van der Waals surface area contributed by atoms with Crippen LogP contribution >= 0.6 is 47.8 Å². The van der Waals surface area contributed by atoms with E-state index >= 15 is 0 Å². The fraction of sp³-hybridized carbons (Fsp3) is 0.400. The molecule has 1 N–H and O–H groups in total. The van der Waals surface area contributed by atoms with Crippen LogP contribution in [0.2, 0.25) is 0 Å². The second kappa shape index (κ2) is 5.52. The van der Waals surface area contributed by atoms with Crippen molar-refractivity contribution in [3.05, 3.63) is 25.6 Å². The maximum absolute atomic E-state index is 3.53. The fourth-order valence-corrected chi connectivity index (χ4v) is 3.56. The molecule has 4 heteroatoms. The normalized spacial score (nSPS) is 10.7. The van der Waals surface area contributed by atoms with E-state index in [9.17, 15) is 0 Å². The van der Waals surface area contributed by atoms with Gasteiger partial charge in [-0.1, -0.05) is 29.8 Å². The van der Waals surface area contributed by atoms with E-state index in [4.69, 9.17) is 0 Å². The minimum Gasteiger partial charge on any atom is -0.383 e. The Hall–Kier alpha value is 0.460. The van der Waals surface area contributed by atoms with E-state index in [-0.39, 0.29) is 0 Å². The zero-order valence-electron chi connectivity index (χ0n) is 8.07. The van der Waals surface area contributed by atoms with Crippen LogP contribution in [0, 0.1) is 5.92 Å². The highest BCUT2D eigenvalue weighted by Crippen LogP contribution is 2.34. The highest BCUT2D eigenvalue weighted by Gasteiger charge is 2.06. The van der Waals surface area contributed by atoms with Gasteiger partial charge < -0.3 is 5.32 Å². The van der Waals surface area contributed by atoms with Gasteiger partial charge >= 0.3 is 0 Å². The number of hydrogen-bond donors (Lipinski definition) is 1. The van der Waals surface area contributed by atoms with E-state index in [1.54, 1.807) is 0 Å². The quantitative estimate of drug-likeness (QED) is 0.768. The molecule has 0 aliphatic rings. The maximum Gasteiger partial charge on any atom is 0.0629 e. The summed E-state index contributed by atoms with van der Waals surface area (Å²) in [7, 11) is 0. The Bertz CT molecular complexity index is 300. The van der Waals surface area contributed by atoms with Crippen LogP contribution in [0.15, 0.2) is 25.6 Å². The van der Waals surface area contributed by atoms with Crippen molar-refractivity contribution >= 4 is 53.5 Å². The lowest BCUT2D eigenvalue weighted by Crippen LogP contribution is -2.08. The van der Waals surface area contributed by atoms with Gasteiger partial charge in [-0.25, -0.2) is 0 Å². The van der Waals surface area contributed by atoms with E-state index in [1.165, 1.54) is 0 Å².